The highest BCUT2D eigenvalue weighted by atomic mass is 16.6. The summed E-state index contributed by atoms with van der Waals surface area (Å²) in [5, 5.41) is 0. The molecule has 12 bridgehead atoms. The van der Waals surface area contributed by atoms with Crippen LogP contribution in [0.3, 0.4) is 0 Å². The van der Waals surface area contributed by atoms with Crippen molar-refractivity contribution in [3.63, 3.8) is 0 Å². The molecule has 92 heavy (non-hydrogen) atoms. The first kappa shape index (κ1) is 72.6. The number of rotatable bonds is 14. The molecule has 5 unspecified atom stereocenters. The quantitative estimate of drug-likeness (QED) is 0.0692. The maximum absolute atomic E-state index is 12.6. The van der Waals surface area contributed by atoms with Crippen molar-refractivity contribution in [1.29, 1.82) is 0 Å². The van der Waals surface area contributed by atoms with Gasteiger partial charge in [-0.1, -0.05) is 75.5 Å². The molecule has 14 heteroatoms. The van der Waals surface area contributed by atoms with Gasteiger partial charge in [0, 0.05) is 40.4 Å². The van der Waals surface area contributed by atoms with Crippen LogP contribution in [-0.2, 0) is 66.7 Å². The first-order valence-corrected chi connectivity index (χ1v) is 36.8. The smallest absolute Gasteiger partial charge is 0.334 e. The molecule has 14 fully saturated rings. The summed E-state index contributed by atoms with van der Waals surface area (Å²) < 4.78 is 37.8. The van der Waals surface area contributed by atoms with Gasteiger partial charge >= 0.3 is 41.8 Å². The van der Waals surface area contributed by atoms with E-state index < -0.39 is 0 Å². The third-order valence-electron chi connectivity index (χ3n) is 22.2. The highest BCUT2D eigenvalue weighted by Crippen LogP contribution is 2.59. The molecule has 16 aliphatic rings. The summed E-state index contributed by atoms with van der Waals surface area (Å²) in [6.45, 7) is 20.4. The highest BCUT2D eigenvalue weighted by Gasteiger charge is 2.55. The Bertz CT molecular complexity index is 2600. The molecule has 2 saturated heterocycles. The zero-order chi connectivity index (χ0) is 65.8. The van der Waals surface area contributed by atoms with Crippen molar-refractivity contribution < 1.29 is 66.7 Å². The molecule has 2 aliphatic heterocycles. The van der Waals surface area contributed by atoms with Gasteiger partial charge in [0.15, 0.2) is 0 Å². The Morgan fingerprint density at radius 3 is 1.49 bits per heavy atom. The predicted molar refractivity (Wildman–Crippen MR) is 356 cm³/mol. The average molecular weight is 1280 g/mol. The standard InChI is InChI=1S/C19H28O2.C17H22O4.C15H22O2.C11H18O2.C9H14O2.C7H12O2/c1-13(17-5-3-2-4-6-17)18(20)21-19-10-14-7-15(11-19)9-16(8-14)12-19;18-16(11-4-2-1-3-5-11)21-15-12-6-10-7-13(9-12)17(19)20-14(15)8-10;1-3-10(2)14(16)17-15-7-11-4-12(8-15)6-13(5-11)9-15;1-2-13-11(12)9-10-7-5-3-4-6-8-10;1-2-11-9(10)8-6-4-3-5-7-8;1-4-9-7(8)5-6(2)3/h14-17H,1-12H2;4,10,12-15H,1-3,5-9H2;11-13H,2-9H2,1H3;9H,2-8H2,1H3;6H,2-5,7H2,1H3;5H,4H2,1-3H3. The van der Waals surface area contributed by atoms with Gasteiger partial charge in [-0.15, -0.1) is 0 Å². The number of esters is 7. The van der Waals surface area contributed by atoms with Crippen molar-refractivity contribution in [3.8, 4) is 0 Å². The molecule has 16 rings (SSSR count). The Morgan fingerprint density at radius 1 is 0.533 bits per heavy atom. The van der Waals surface area contributed by atoms with Gasteiger partial charge in [-0.25, -0.2) is 28.8 Å². The molecule has 0 amide bonds. The van der Waals surface area contributed by atoms with E-state index >= 15 is 0 Å². The van der Waals surface area contributed by atoms with Crippen LogP contribution in [0.25, 0.3) is 0 Å². The van der Waals surface area contributed by atoms with Gasteiger partial charge in [0.05, 0.1) is 25.7 Å². The van der Waals surface area contributed by atoms with Gasteiger partial charge in [-0.05, 0) is 281 Å². The minimum absolute atomic E-state index is 0.0383. The van der Waals surface area contributed by atoms with Crippen LogP contribution in [-0.4, -0.2) is 85.0 Å². The molecule has 12 saturated carbocycles. The molecule has 14 nitrogen and oxygen atoms in total. The predicted octanol–water partition coefficient (Wildman–Crippen LogP) is 17.3. The lowest BCUT2D eigenvalue weighted by molar-refractivity contribution is -0.183. The van der Waals surface area contributed by atoms with E-state index in [0.717, 1.165) is 193 Å². The SMILES string of the molecule is C=C(C(=O)OC12CC3CC(CC(C3)C1)C2)C1CCCCC1.C=C(CC)C(=O)OC12CC3CC(CC(C3)C1)C2.CCOC(=O)C1=CCCCC1.CCOC(=O)C=C(C)C.CCOC(=O)C=C1CCCCCC1.O=C(OC1C2CC3CC(C2)C(=O)OC1C3)C1=CCCCC1. The fourth-order valence-electron chi connectivity index (χ4n) is 18.6. The number of ether oxygens (including phenoxy) is 7. The number of allylic oxidation sites excluding steroid dienone is 4. The third kappa shape index (κ3) is 21.4. The molecule has 0 radical (unpaired) electrons. The Labute approximate surface area is 552 Å². The van der Waals surface area contributed by atoms with Crippen LogP contribution in [0.15, 0.2) is 70.9 Å². The minimum atomic E-state index is -0.252. The van der Waals surface area contributed by atoms with Gasteiger partial charge in [0.25, 0.3) is 0 Å². The molecule has 0 N–H and O–H groups in total. The lowest BCUT2D eigenvalue weighted by Gasteiger charge is -2.55. The summed E-state index contributed by atoms with van der Waals surface area (Å²) in [4.78, 5) is 81.7. The first-order chi connectivity index (χ1) is 44.3. The highest BCUT2D eigenvalue weighted by molar-refractivity contribution is 5.90. The van der Waals surface area contributed by atoms with Crippen molar-refractivity contribution in [1.82, 2.24) is 0 Å². The number of hydrogen-bond acceptors (Lipinski definition) is 14. The monoisotopic (exact) mass is 1280 g/mol. The second-order valence-electron chi connectivity index (χ2n) is 30.0. The second-order valence-corrected chi connectivity index (χ2v) is 30.0. The second kappa shape index (κ2) is 35.5. The molecule has 14 aliphatic carbocycles. The van der Waals surface area contributed by atoms with Crippen molar-refractivity contribution in [3.05, 3.63) is 70.9 Å². The molecule has 0 aromatic carbocycles. The molecular weight excluding hydrogens is 1160 g/mol. The molecular formula is C78H116O14. The number of hydrogen-bond donors (Lipinski definition) is 0. The van der Waals surface area contributed by atoms with E-state index in [1.807, 2.05) is 46.8 Å². The van der Waals surface area contributed by atoms with Gasteiger partial charge in [-0.2, -0.15) is 0 Å². The fraction of sp³-hybridized carbons (Fsp3) is 0.756. The number of carbonyl (C=O) groups excluding carboxylic acids is 7. The Kier molecular flexibility index (Phi) is 28.0. The van der Waals surface area contributed by atoms with E-state index in [9.17, 15) is 33.6 Å². The first-order valence-electron chi connectivity index (χ1n) is 36.8. The summed E-state index contributed by atoms with van der Waals surface area (Å²) >= 11 is 0. The lowest BCUT2D eigenvalue weighted by Crippen LogP contribution is -2.53. The topological polar surface area (TPSA) is 184 Å². The summed E-state index contributed by atoms with van der Waals surface area (Å²) in [6.07, 6.45) is 47.9. The largest absolute Gasteiger partial charge is 0.463 e. The summed E-state index contributed by atoms with van der Waals surface area (Å²) in [6, 6.07) is 0. The fourth-order valence-corrected chi connectivity index (χ4v) is 18.6. The Balaban J connectivity index is 0.000000146. The average Bonchev–Trinajstić information content (AvgIpc) is 0.931. The van der Waals surface area contributed by atoms with E-state index in [0.29, 0.717) is 49.6 Å². The van der Waals surface area contributed by atoms with E-state index in [1.54, 1.807) is 13.0 Å². The molecule has 0 aromatic heterocycles. The van der Waals surface area contributed by atoms with Crippen LogP contribution < -0.4 is 0 Å². The van der Waals surface area contributed by atoms with Crippen LogP contribution in [0.1, 0.15) is 273 Å². The van der Waals surface area contributed by atoms with Gasteiger partial charge in [-0.3, -0.25) is 4.79 Å². The van der Waals surface area contributed by atoms with E-state index in [4.69, 9.17) is 28.4 Å². The van der Waals surface area contributed by atoms with Gasteiger partial charge in [0.1, 0.15) is 23.4 Å². The summed E-state index contributed by atoms with van der Waals surface area (Å²) in [5.74, 6) is 5.27. The van der Waals surface area contributed by atoms with E-state index in [-0.39, 0.29) is 71.1 Å². The number of fused-ring (bicyclic) bond motifs is 1. The summed E-state index contributed by atoms with van der Waals surface area (Å²) in [7, 11) is 0. The maximum Gasteiger partial charge on any atom is 0.334 e. The normalized spacial score (nSPS) is 32.3. The van der Waals surface area contributed by atoms with Crippen LogP contribution in [0, 0.1) is 59.2 Å². The number of carbonyl (C=O) groups is 7. The minimum Gasteiger partial charge on any atom is -0.463 e. The van der Waals surface area contributed by atoms with E-state index in [2.05, 4.69) is 17.9 Å². The Morgan fingerprint density at radius 2 is 1.01 bits per heavy atom. The van der Waals surface area contributed by atoms with Crippen molar-refractivity contribution >= 4 is 41.8 Å². The van der Waals surface area contributed by atoms with Crippen LogP contribution in [0.5, 0.6) is 0 Å². The summed E-state index contributed by atoms with van der Waals surface area (Å²) in [5.41, 5.74) is 5.11. The third-order valence-corrected chi connectivity index (χ3v) is 22.2. The molecule has 0 aromatic rings. The maximum atomic E-state index is 12.6. The van der Waals surface area contributed by atoms with E-state index in [1.165, 1.54) is 102 Å². The van der Waals surface area contributed by atoms with Crippen molar-refractivity contribution in [2.75, 3.05) is 19.8 Å². The van der Waals surface area contributed by atoms with Crippen LogP contribution in [0.2, 0.25) is 0 Å². The zero-order valence-electron chi connectivity index (χ0n) is 57.4. The van der Waals surface area contributed by atoms with Crippen molar-refractivity contribution in [2.45, 2.75) is 296 Å². The Hall–Kier alpha value is -5.27. The molecule has 2 heterocycles. The van der Waals surface area contributed by atoms with Gasteiger partial charge < -0.3 is 33.2 Å². The molecule has 0 spiro atoms. The van der Waals surface area contributed by atoms with Crippen LogP contribution in [0.4, 0.5) is 0 Å². The zero-order valence-corrected chi connectivity index (χ0v) is 57.4. The molecule has 5 atom stereocenters. The van der Waals surface area contributed by atoms with Crippen molar-refractivity contribution in [2.24, 2.45) is 59.2 Å². The van der Waals surface area contributed by atoms with Gasteiger partial charge in [0.2, 0.25) is 0 Å². The van der Waals surface area contributed by atoms with Crippen LogP contribution >= 0.6 is 0 Å². The lowest BCUT2D eigenvalue weighted by atomic mass is 9.54. The molecule has 512 valence electrons.